The highest BCUT2D eigenvalue weighted by molar-refractivity contribution is 6.06. The lowest BCUT2D eigenvalue weighted by molar-refractivity contribution is -0.123. The quantitative estimate of drug-likeness (QED) is 0.880. The minimum atomic E-state index is -0.980. The van der Waals surface area contributed by atoms with E-state index in [0.717, 1.165) is 5.01 Å². The van der Waals surface area contributed by atoms with Crippen molar-refractivity contribution >= 4 is 17.6 Å². The molecule has 1 aromatic carbocycles. The number of carbonyl (C=O) groups excluding carboxylic acids is 2. The Balaban J connectivity index is 1.88. The van der Waals surface area contributed by atoms with Crippen LogP contribution in [0.1, 0.15) is 24.7 Å². The highest BCUT2D eigenvalue weighted by Gasteiger charge is 2.36. The number of halogens is 1. The van der Waals surface area contributed by atoms with Crippen molar-refractivity contribution in [1.82, 2.24) is 20.9 Å². The van der Waals surface area contributed by atoms with Crippen molar-refractivity contribution in [2.75, 3.05) is 5.01 Å². The molecule has 3 rings (SSSR count). The molecule has 1 atom stereocenters. The Morgan fingerprint density at radius 3 is 2.68 bits per heavy atom. The zero-order chi connectivity index (χ0) is 15.7. The summed E-state index contributed by atoms with van der Waals surface area (Å²) in [6.07, 6.45) is 0.530. The van der Waals surface area contributed by atoms with Crippen molar-refractivity contribution in [1.29, 1.82) is 0 Å². The van der Waals surface area contributed by atoms with Gasteiger partial charge < -0.3 is 4.52 Å². The summed E-state index contributed by atoms with van der Waals surface area (Å²) in [6, 6.07) is 3.57. The number of amides is 3. The number of anilines is 1. The third kappa shape index (κ3) is 2.53. The predicted octanol–water partition coefficient (Wildman–Crippen LogP) is 1.07. The van der Waals surface area contributed by atoms with E-state index in [1.54, 1.807) is 0 Å². The zero-order valence-corrected chi connectivity index (χ0v) is 11.5. The van der Waals surface area contributed by atoms with Crippen molar-refractivity contribution in [3.05, 3.63) is 41.8 Å². The van der Waals surface area contributed by atoms with Gasteiger partial charge in [0.2, 0.25) is 5.89 Å². The number of urea groups is 1. The van der Waals surface area contributed by atoms with Crippen LogP contribution in [-0.4, -0.2) is 22.1 Å². The number of nitrogens with zero attached hydrogens (tertiary/aromatic N) is 3. The molecule has 9 heteroatoms. The van der Waals surface area contributed by atoms with Gasteiger partial charge in [-0.25, -0.2) is 19.6 Å². The molecule has 0 spiro atoms. The van der Waals surface area contributed by atoms with Gasteiger partial charge in [-0.3, -0.25) is 10.1 Å². The summed E-state index contributed by atoms with van der Waals surface area (Å²) in [5.41, 5.74) is 3.08. The van der Waals surface area contributed by atoms with E-state index in [-0.39, 0.29) is 5.82 Å². The van der Waals surface area contributed by atoms with E-state index in [1.165, 1.54) is 24.3 Å². The minimum absolute atomic E-state index is 0.119. The first-order chi connectivity index (χ1) is 10.6. The normalized spacial score (nSPS) is 18.5. The molecule has 1 aliphatic rings. The fourth-order valence-corrected chi connectivity index (χ4v) is 1.97. The smallest absolute Gasteiger partial charge is 0.339 e. The summed E-state index contributed by atoms with van der Waals surface area (Å²) in [5, 5.41) is 7.00. The molecule has 0 saturated carbocycles. The van der Waals surface area contributed by atoms with Crippen LogP contribution in [0.25, 0.3) is 0 Å². The largest absolute Gasteiger partial charge is 0.343 e. The Morgan fingerprint density at radius 2 is 2.05 bits per heavy atom. The molecule has 1 fully saturated rings. The van der Waals surface area contributed by atoms with Crippen molar-refractivity contribution in [2.24, 2.45) is 0 Å². The Labute approximate surface area is 124 Å². The van der Waals surface area contributed by atoms with Crippen molar-refractivity contribution in [3.8, 4) is 0 Å². The summed E-state index contributed by atoms with van der Waals surface area (Å²) in [5.74, 6) is -0.518. The molecule has 1 saturated heterocycles. The number of hydrogen-bond acceptors (Lipinski definition) is 6. The maximum atomic E-state index is 13.0. The van der Waals surface area contributed by atoms with Crippen molar-refractivity contribution < 1.29 is 18.5 Å². The lowest BCUT2D eigenvalue weighted by Gasteiger charge is -2.31. The lowest BCUT2D eigenvalue weighted by Crippen LogP contribution is -2.60. The molecule has 0 bridgehead atoms. The van der Waals surface area contributed by atoms with Crippen LogP contribution in [0.3, 0.4) is 0 Å². The fraction of sp³-hybridized carbons (Fsp3) is 0.231. The maximum absolute atomic E-state index is 13.0. The topological polar surface area (TPSA) is 100 Å². The van der Waals surface area contributed by atoms with Gasteiger partial charge in [0, 0.05) is 6.42 Å². The predicted molar refractivity (Wildman–Crippen MR) is 72.0 cm³/mol. The number of aryl methyl sites for hydroxylation is 1. The first kappa shape index (κ1) is 14.1. The number of benzene rings is 1. The molecule has 2 N–H and O–H groups in total. The molecule has 0 radical (unpaired) electrons. The van der Waals surface area contributed by atoms with Gasteiger partial charge in [0.1, 0.15) is 5.82 Å². The Bertz CT molecular complexity index is 715. The first-order valence-corrected chi connectivity index (χ1v) is 6.57. The van der Waals surface area contributed by atoms with Crippen LogP contribution in [0.2, 0.25) is 0 Å². The number of carbonyl (C=O) groups is 2. The Hall–Kier alpha value is -2.81. The van der Waals surface area contributed by atoms with Gasteiger partial charge in [0.05, 0.1) is 5.69 Å². The number of aromatic nitrogens is 2. The standard InChI is InChI=1S/C13H12FN5O3/c1-2-9-15-11(18-22-9)10-12(20)16-13(21)19(17-10)8-5-3-7(14)4-6-8/h3-6,10,17H,2H2,1H3,(H,16,20,21). The fourth-order valence-electron chi connectivity index (χ4n) is 1.97. The van der Waals surface area contributed by atoms with E-state index in [1.807, 2.05) is 6.92 Å². The molecular weight excluding hydrogens is 293 g/mol. The first-order valence-electron chi connectivity index (χ1n) is 6.57. The number of imide groups is 1. The molecule has 3 amide bonds. The van der Waals surface area contributed by atoms with Gasteiger partial charge >= 0.3 is 6.03 Å². The minimum Gasteiger partial charge on any atom is -0.339 e. The summed E-state index contributed by atoms with van der Waals surface area (Å²) in [6.45, 7) is 1.83. The third-order valence-corrected chi connectivity index (χ3v) is 3.08. The number of hydrogen-bond donors (Lipinski definition) is 2. The van der Waals surface area contributed by atoms with Crippen LogP contribution in [0.4, 0.5) is 14.9 Å². The van der Waals surface area contributed by atoms with Crippen molar-refractivity contribution in [3.63, 3.8) is 0 Å². The molecule has 1 unspecified atom stereocenters. The van der Waals surface area contributed by atoms with Crippen LogP contribution in [0.15, 0.2) is 28.8 Å². The summed E-state index contributed by atoms with van der Waals surface area (Å²) >= 11 is 0. The molecular formula is C13H12FN5O3. The SMILES string of the molecule is CCc1nc(C2NN(c3ccc(F)cc3)C(=O)NC2=O)no1. The van der Waals surface area contributed by atoms with Crippen LogP contribution in [0, 0.1) is 5.82 Å². The maximum Gasteiger partial charge on any atom is 0.343 e. The zero-order valence-electron chi connectivity index (χ0n) is 11.5. The monoisotopic (exact) mass is 305 g/mol. The molecule has 2 heterocycles. The highest BCUT2D eigenvalue weighted by atomic mass is 19.1. The van der Waals surface area contributed by atoms with E-state index in [9.17, 15) is 14.0 Å². The number of rotatable bonds is 3. The van der Waals surface area contributed by atoms with Crippen LogP contribution in [-0.2, 0) is 11.2 Å². The van der Waals surface area contributed by atoms with Gasteiger partial charge in [-0.2, -0.15) is 4.98 Å². The summed E-state index contributed by atoms with van der Waals surface area (Å²) < 4.78 is 17.9. The molecule has 0 aliphatic carbocycles. The summed E-state index contributed by atoms with van der Waals surface area (Å²) in [7, 11) is 0. The second kappa shape index (κ2) is 5.53. The van der Waals surface area contributed by atoms with E-state index in [0.29, 0.717) is 18.0 Å². The van der Waals surface area contributed by atoms with Crippen LogP contribution in [0.5, 0.6) is 0 Å². The number of nitrogens with one attached hydrogen (secondary N) is 2. The highest BCUT2D eigenvalue weighted by Crippen LogP contribution is 2.20. The van der Waals surface area contributed by atoms with Gasteiger partial charge in [0.15, 0.2) is 11.9 Å². The average Bonchev–Trinajstić information content (AvgIpc) is 2.97. The molecule has 22 heavy (non-hydrogen) atoms. The van der Waals surface area contributed by atoms with Crippen molar-refractivity contribution in [2.45, 2.75) is 19.4 Å². The molecule has 8 nitrogen and oxygen atoms in total. The van der Waals surface area contributed by atoms with Gasteiger partial charge in [-0.05, 0) is 24.3 Å². The third-order valence-electron chi connectivity index (χ3n) is 3.08. The molecule has 114 valence electrons. The van der Waals surface area contributed by atoms with Crippen LogP contribution < -0.4 is 15.8 Å². The lowest BCUT2D eigenvalue weighted by atomic mass is 10.2. The molecule has 1 aliphatic heterocycles. The Kier molecular flexibility index (Phi) is 3.55. The summed E-state index contributed by atoms with van der Waals surface area (Å²) in [4.78, 5) is 27.9. The van der Waals surface area contributed by atoms with E-state index in [4.69, 9.17) is 4.52 Å². The second-order valence-corrected chi connectivity index (χ2v) is 4.57. The van der Waals surface area contributed by atoms with Gasteiger partial charge in [-0.15, -0.1) is 0 Å². The van der Waals surface area contributed by atoms with Gasteiger partial charge in [0.25, 0.3) is 5.91 Å². The van der Waals surface area contributed by atoms with Gasteiger partial charge in [-0.1, -0.05) is 12.1 Å². The molecule has 2 aromatic rings. The average molecular weight is 305 g/mol. The Morgan fingerprint density at radius 1 is 1.32 bits per heavy atom. The number of hydrazine groups is 1. The van der Waals surface area contributed by atoms with E-state index < -0.39 is 23.8 Å². The van der Waals surface area contributed by atoms with E-state index >= 15 is 0 Å². The second-order valence-electron chi connectivity index (χ2n) is 4.57. The van der Waals surface area contributed by atoms with E-state index in [2.05, 4.69) is 20.9 Å². The molecule has 1 aromatic heterocycles. The van der Waals surface area contributed by atoms with Crippen LogP contribution >= 0.6 is 0 Å².